The first kappa shape index (κ1) is 24.7. The molecule has 2 fully saturated rings. The second-order valence-electron chi connectivity index (χ2n) is 10.9. The van der Waals surface area contributed by atoms with E-state index in [-0.39, 0.29) is 0 Å². The summed E-state index contributed by atoms with van der Waals surface area (Å²) in [6, 6.07) is 14.4. The van der Waals surface area contributed by atoms with Gasteiger partial charge in [0.15, 0.2) is 0 Å². The normalized spacial score (nSPS) is 24.0. The quantitative estimate of drug-likeness (QED) is 0.513. The molecule has 0 unspecified atom stereocenters. The summed E-state index contributed by atoms with van der Waals surface area (Å²) in [7, 11) is 4.35. The lowest BCUT2D eigenvalue weighted by atomic mass is 10.0. The van der Waals surface area contributed by atoms with Crippen LogP contribution in [0.25, 0.3) is 10.8 Å². The topological polar surface area (TPSA) is 56.8 Å². The van der Waals surface area contributed by atoms with E-state index >= 15 is 0 Å². The van der Waals surface area contributed by atoms with Crippen LogP contribution in [0.4, 0.5) is 11.5 Å². The SMILES string of the molecule is C[C@H]1C[C@H](N(C)c2nc(OC[C@@H]3CCCN3C)nc3c2CCN(c2cccc4cccc(Cl)c24)C3)CN1. The molecular weight excluding hydrogens is 484 g/mol. The Hall–Kier alpha value is -2.61. The van der Waals surface area contributed by atoms with Crippen LogP contribution in [0.1, 0.15) is 37.4 Å². The fraction of sp³-hybridized carbons (Fsp3) is 0.517. The van der Waals surface area contributed by atoms with Gasteiger partial charge in [-0.3, -0.25) is 0 Å². The zero-order chi connectivity index (χ0) is 25.5. The van der Waals surface area contributed by atoms with Gasteiger partial charge in [-0.1, -0.05) is 35.9 Å². The molecule has 3 atom stereocenters. The van der Waals surface area contributed by atoms with E-state index in [4.69, 9.17) is 26.3 Å². The third-order valence-electron chi connectivity index (χ3n) is 8.48. The van der Waals surface area contributed by atoms with Crippen LogP contribution >= 0.6 is 11.6 Å². The molecule has 37 heavy (non-hydrogen) atoms. The summed E-state index contributed by atoms with van der Waals surface area (Å²) in [5, 5.41) is 6.64. The number of ether oxygens (including phenoxy) is 1. The van der Waals surface area contributed by atoms with Crippen LogP contribution in [0.2, 0.25) is 5.02 Å². The van der Waals surface area contributed by atoms with E-state index < -0.39 is 0 Å². The molecule has 6 rings (SSSR count). The van der Waals surface area contributed by atoms with E-state index in [1.807, 2.05) is 12.1 Å². The third-order valence-corrected chi connectivity index (χ3v) is 8.80. The number of aromatic nitrogens is 2. The number of likely N-dealkylation sites (tertiary alicyclic amines) is 1. The second-order valence-corrected chi connectivity index (χ2v) is 11.3. The first-order chi connectivity index (χ1) is 18.0. The summed E-state index contributed by atoms with van der Waals surface area (Å²) in [5.74, 6) is 1.02. The average Bonchev–Trinajstić information content (AvgIpc) is 3.53. The first-order valence-electron chi connectivity index (χ1n) is 13.6. The Morgan fingerprint density at radius 2 is 2.00 bits per heavy atom. The van der Waals surface area contributed by atoms with Crippen molar-refractivity contribution >= 4 is 33.9 Å². The Morgan fingerprint density at radius 1 is 1.16 bits per heavy atom. The minimum absolute atomic E-state index is 0.415. The zero-order valence-corrected chi connectivity index (χ0v) is 22.8. The zero-order valence-electron chi connectivity index (χ0n) is 22.1. The molecule has 4 heterocycles. The maximum atomic E-state index is 6.68. The van der Waals surface area contributed by atoms with Crippen LogP contribution in [0, 0.1) is 0 Å². The maximum absolute atomic E-state index is 6.68. The van der Waals surface area contributed by atoms with Crippen LogP contribution in [-0.4, -0.2) is 73.3 Å². The summed E-state index contributed by atoms with van der Waals surface area (Å²) in [6.45, 7) is 6.59. The molecule has 0 saturated carbocycles. The van der Waals surface area contributed by atoms with Crippen molar-refractivity contribution in [1.29, 1.82) is 0 Å². The lowest BCUT2D eigenvalue weighted by molar-refractivity contribution is 0.187. The van der Waals surface area contributed by atoms with E-state index in [2.05, 4.69) is 65.3 Å². The Kier molecular flexibility index (Phi) is 6.86. The molecule has 0 radical (unpaired) electrons. The number of fused-ring (bicyclic) bond motifs is 2. The molecule has 8 heteroatoms. The molecular formula is C29H37ClN6O. The molecule has 3 aromatic rings. The molecule has 2 saturated heterocycles. The number of anilines is 2. The minimum Gasteiger partial charge on any atom is -0.462 e. The van der Waals surface area contributed by atoms with Crippen molar-refractivity contribution in [2.45, 2.75) is 57.3 Å². The van der Waals surface area contributed by atoms with E-state index in [9.17, 15) is 0 Å². The van der Waals surface area contributed by atoms with Crippen molar-refractivity contribution in [3.63, 3.8) is 0 Å². The standard InChI is InChI=1S/C29H37ClN6O/c1-19-15-22(16-31-19)35(3)28-23-12-14-36(26-11-5-8-20-7-4-10-24(30)27(20)26)17-25(23)32-29(33-28)37-18-21-9-6-13-34(21)2/h4-5,7-8,10-11,19,21-22,31H,6,9,12-18H2,1-3H3/t19-,21-,22-/m0/s1. The van der Waals surface area contributed by atoms with Gasteiger partial charge in [0.25, 0.3) is 0 Å². The summed E-state index contributed by atoms with van der Waals surface area (Å²) in [5.41, 5.74) is 3.46. The Labute approximate surface area is 224 Å². The third kappa shape index (κ3) is 4.85. The van der Waals surface area contributed by atoms with Crippen molar-refractivity contribution in [3.8, 4) is 6.01 Å². The Balaban J connectivity index is 1.34. The average molecular weight is 521 g/mol. The monoisotopic (exact) mass is 520 g/mol. The van der Waals surface area contributed by atoms with Gasteiger partial charge in [0.05, 0.1) is 17.3 Å². The number of hydrogen-bond donors (Lipinski definition) is 1. The van der Waals surface area contributed by atoms with Crippen LogP contribution in [0.5, 0.6) is 6.01 Å². The largest absolute Gasteiger partial charge is 0.462 e. The molecule has 0 aliphatic carbocycles. The molecule has 7 nitrogen and oxygen atoms in total. The van der Waals surface area contributed by atoms with Gasteiger partial charge >= 0.3 is 6.01 Å². The number of likely N-dealkylation sites (N-methyl/N-ethyl adjacent to an activating group) is 2. The van der Waals surface area contributed by atoms with E-state index in [1.165, 1.54) is 12.0 Å². The van der Waals surface area contributed by atoms with Crippen LogP contribution in [0.3, 0.4) is 0 Å². The van der Waals surface area contributed by atoms with Gasteiger partial charge in [-0.2, -0.15) is 9.97 Å². The molecule has 196 valence electrons. The van der Waals surface area contributed by atoms with E-state index in [0.29, 0.717) is 37.3 Å². The number of halogens is 1. The summed E-state index contributed by atoms with van der Waals surface area (Å²) < 4.78 is 6.29. The van der Waals surface area contributed by atoms with Crippen LogP contribution < -0.4 is 19.9 Å². The van der Waals surface area contributed by atoms with Gasteiger partial charge in [0.2, 0.25) is 0 Å². The molecule has 2 aromatic carbocycles. The number of nitrogens with one attached hydrogen (secondary N) is 1. The highest BCUT2D eigenvalue weighted by Gasteiger charge is 2.31. The molecule has 1 N–H and O–H groups in total. The van der Waals surface area contributed by atoms with Crippen molar-refractivity contribution in [3.05, 3.63) is 52.7 Å². The second kappa shape index (κ2) is 10.3. The van der Waals surface area contributed by atoms with Crippen LogP contribution in [-0.2, 0) is 13.0 Å². The summed E-state index contributed by atoms with van der Waals surface area (Å²) in [6.07, 6.45) is 4.38. The number of benzene rings is 2. The number of hydrogen-bond acceptors (Lipinski definition) is 7. The van der Waals surface area contributed by atoms with Gasteiger partial charge in [-0.25, -0.2) is 0 Å². The van der Waals surface area contributed by atoms with E-state index in [1.54, 1.807) is 0 Å². The predicted octanol–water partition coefficient (Wildman–Crippen LogP) is 4.51. The Morgan fingerprint density at radius 3 is 2.76 bits per heavy atom. The Bertz CT molecular complexity index is 1280. The van der Waals surface area contributed by atoms with Gasteiger partial charge in [0, 0.05) is 54.9 Å². The number of nitrogens with zero attached hydrogens (tertiary/aromatic N) is 5. The molecule has 3 aliphatic rings. The van der Waals surface area contributed by atoms with Gasteiger partial charge < -0.3 is 24.8 Å². The lowest BCUT2D eigenvalue weighted by Crippen LogP contribution is -2.38. The smallest absolute Gasteiger partial charge is 0.318 e. The van der Waals surface area contributed by atoms with Crippen molar-refractivity contribution in [1.82, 2.24) is 20.2 Å². The van der Waals surface area contributed by atoms with Crippen molar-refractivity contribution in [2.24, 2.45) is 0 Å². The van der Waals surface area contributed by atoms with Gasteiger partial charge in [0.1, 0.15) is 12.4 Å². The van der Waals surface area contributed by atoms with Crippen molar-refractivity contribution < 1.29 is 4.74 Å². The minimum atomic E-state index is 0.415. The van der Waals surface area contributed by atoms with Crippen LogP contribution in [0.15, 0.2) is 36.4 Å². The highest BCUT2D eigenvalue weighted by molar-refractivity contribution is 6.36. The fourth-order valence-corrected chi connectivity index (χ4v) is 6.51. The highest BCUT2D eigenvalue weighted by atomic mass is 35.5. The van der Waals surface area contributed by atoms with Gasteiger partial charge in [-0.15, -0.1) is 0 Å². The highest BCUT2D eigenvalue weighted by Crippen LogP contribution is 2.37. The predicted molar refractivity (Wildman–Crippen MR) is 151 cm³/mol. The molecule has 1 aromatic heterocycles. The summed E-state index contributed by atoms with van der Waals surface area (Å²) in [4.78, 5) is 17.1. The van der Waals surface area contributed by atoms with Crippen molar-refractivity contribution in [2.75, 3.05) is 50.1 Å². The molecule has 3 aliphatic heterocycles. The van der Waals surface area contributed by atoms with E-state index in [0.717, 1.165) is 71.9 Å². The maximum Gasteiger partial charge on any atom is 0.318 e. The lowest BCUT2D eigenvalue weighted by Gasteiger charge is -2.34. The molecule has 0 spiro atoms. The van der Waals surface area contributed by atoms with Gasteiger partial charge in [-0.05, 0) is 63.7 Å². The molecule has 0 bridgehead atoms. The summed E-state index contributed by atoms with van der Waals surface area (Å²) >= 11 is 6.68. The molecule has 0 amide bonds. The number of rotatable bonds is 6. The first-order valence-corrected chi connectivity index (χ1v) is 14.0. The fourth-order valence-electron chi connectivity index (χ4n) is 6.23.